The van der Waals surface area contributed by atoms with Gasteiger partial charge in [0.2, 0.25) is 17.7 Å². The number of likely N-dealkylation sites (N-methyl/N-ethyl adjacent to an activating group) is 1. The Morgan fingerprint density at radius 3 is 1.93 bits per heavy atom. The summed E-state index contributed by atoms with van der Waals surface area (Å²) in [4.78, 5) is 112. The van der Waals surface area contributed by atoms with E-state index < -0.39 is 88.9 Å². The zero-order chi connectivity index (χ0) is 60.7. The maximum atomic E-state index is 15.4. The zero-order valence-electron chi connectivity index (χ0n) is 48.8. The minimum Gasteiger partial charge on any atom is -0.490 e. The highest BCUT2D eigenvalue weighted by Gasteiger charge is 2.37. The Bertz CT molecular complexity index is 3040. The van der Waals surface area contributed by atoms with Gasteiger partial charge < -0.3 is 59.9 Å². The number of ether oxygens (including phenoxy) is 6. The number of carbonyl (C=O) groups is 8. The van der Waals surface area contributed by atoms with Crippen LogP contribution >= 0.6 is 11.6 Å². The number of rotatable bonds is 16. The lowest BCUT2D eigenvalue weighted by atomic mass is 9.91. The molecule has 0 spiro atoms. The van der Waals surface area contributed by atoms with Crippen molar-refractivity contribution >= 4 is 59.5 Å². The summed E-state index contributed by atoms with van der Waals surface area (Å²) >= 11 is 6.13. The van der Waals surface area contributed by atoms with Crippen molar-refractivity contribution in [2.75, 3.05) is 33.9 Å². The number of methoxy groups -OCH3 is 1. The van der Waals surface area contributed by atoms with Gasteiger partial charge in [0.15, 0.2) is 0 Å². The van der Waals surface area contributed by atoms with Crippen LogP contribution in [0.5, 0.6) is 11.5 Å². The molecule has 4 bridgehead atoms. The molecule has 1 heterocycles. The smallest absolute Gasteiger partial charge is 0.490 e. The maximum Gasteiger partial charge on any atom is 0.514 e. The first-order valence-electron chi connectivity index (χ1n) is 26.8. The van der Waals surface area contributed by atoms with E-state index in [1.165, 1.54) is 26.1 Å². The highest BCUT2D eigenvalue weighted by molar-refractivity contribution is 6.30. The maximum absolute atomic E-state index is 15.4. The van der Waals surface area contributed by atoms with Gasteiger partial charge in [-0.25, -0.2) is 19.2 Å². The summed E-state index contributed by atoms with van der Waals surface area (Å²) < 4.78 is 33.9. The standard InChI is InChI=1S/C61H75ClN6O14/c1-14-17-41-34-42-35-45(50(41)78-31-30-64-57(75)81-60(6,7)8)44-32-37(19-28-48(44)79-58(76)82-61(9,10)11)33-47(55(73)77-13)67-51(69)36(2)65-53(71)49(42)68(12)54(72)46(18-15-16-29-63-56(74)80-59(3,4)5)66-52(70)40-22-20-38(21-23-40)39-24-26-43(62)27-25-39/h19-28,32,34-36,46-47,49H,15-16,18,29-31,33H2,1-13H3,(H,63,74)(H,64,75)(H,65,71)(H,66,70)(H,67,69)/t36-,46-,47-,49-/m0/s1. The molecule has 0 radical (unpaired) electrons. The molecule has 21 heteroatoms. The van der Waals surface area contributed by atoms with Crippen LogP contribution in [0.1, 0.15) is 129 Å². The van der Waals surface area contributed by atoms with Gasteiger partial charge in [-0.15, -0.1) is 5.92 Å². The number of alkyl carbamates (subject to hydrolysis) is 2. The van der Waals surface area contributed by atoms with Gasteiger partial charge in [-0.2, -0.15) is 0 Å². The van der Waals surface area contributed by atoms with Crippen LogP contribution in [0, 0.1) is 11.8 Å². The van der Waals surface area contributed by atoms with Gasteiger partial charge in [0.25, 0.3) is 5.91 Å². The van der Waals surface area contributed by atoms with Crippen molar-refractivity contribution in [3.8, 4) is 45.6 Å². The Labute approximate surface area is 484 Å². The van der Waals surface area contributed by atoms with Crippen molar-refractivity contribution in [1.82, 2.24) is 31.5 Å². The molecule has 5 rings (SSSR count). The number of fused-ring (bicyclic) bond motifs is 5. The average Bonchev–Trinajstić information content (AvgIpc) is 3.38. The molecule has 4 aromatic rings. The van der Waals surface area contributed by atoms with Gasteiger partial charge in [-0.05, 0) is 166 Å². The Hall–Kier alpha value is -8.31. The molecule has 0 aliphatic carbocycles. The van der Waals surface area contributed by atoms with Crippen molar-refractivity contribution < 1.29 is 66.8 Å². The summed E-state index contributed by atoms with van der Waals surface area (Å²) in [5.74, 6) is 2.16. The lowest BCUT2D eigenvalue weighted by Crippen LogP contribution is -2.55. The van der Waals surface area contributed by atoms with Crippen molar-refractivity contribution in [3.05, 3.63) is 106 Å². The molecule has 4 aromatic carbocycles. The average molecular weight is 1150 g/mol. The zero-order valence-corrected chi connectivity index (χ0v) is 49.6. The highest BCUT2D eigenvalue weighted by Crippen LogP contribution is 2.43. The first-order chi connectivity index (χ1) is 38.4. The Morgan fingerprint density at radius 2 is 1.34 bits per heavy atom. The van der Waals surface area contributed by atoms with E-state index in [0.717, 1.165) is 23.1 Å². The van der Waals surface area contributed by atoms with Gasteiger partial charge in [0, 0.05) is 41.7 Å². The van der Waals surface area contributed by atoms with E-state index in [1.54, 1.807) is 124 Å². The number of hydrogen-bond donors (Lipinski definition) is 5. The Kier molecular flexibility index (Phi) is 22.3. The van der Waals surface area contributed by atoms with Gasteiger partial charge in [-0.1, -0.05) is 47.9 Å². The van der Waals surface area contributed by atoms with E-state index in [0.29, 0.717) is 17.0 Å². The summed E-state index contributed by atoms with van der Waals surface area (Å²) in [5.41, 5.74) is 0.411. The summed E-state index contributed by atoms with van der Waals surface area (Å²) in [6, 6.07) is 16.1. The third-order valence-electron chi connectivity index (χ3n) is 12.1. The van der Waals surface area contributed by atoms with E-state index in [9.17, 15) is 28.8 Å². The van der Waals surface area contributed by atoms with Gasteiger partial charge in [0.05, 0.1) is 19.2 Å². The topological polar surface area (TPSA) is 255 Å². The number of amides is 6. The number of unbranched alkanes of at least 4 members (excludes halogenated alkanes) is 1. The Balaban J connectivity index is 1.70. The SMILES string of the molecule is CC#Cc1cc2cc(c1OCCNC(=O)OC(C)(C)C)-c1cc(ccc1OC(=O)OC(C)(C)C)C[C@@H](C(=O)OC)NC(=O)[C@H](C)NC(=O)[C@H]2N(C)C(=O)[C@H](CCCCNC(=O)OC(C)(C)C)NC(=O)c1ccc(-c2ccc(Cl)cc2)cc1. The fourth-order valence-electron chi connectivity index (χ4n) is 8.46. The molecule has 20 nitrogen and oxygen atoms in total. The summed E-state index contributed by atoms with van der Waals surface area (Å²) in [6.45, 7) is 18.2. The molecule has 6 amide bonds. The molecule has 82 heavy (non-hydrogen) atoms. The van der Waals surface area contributed by atoms with E-state index in [1.807, 2.05) is 12.1 Å². The quantitative estimate of drug-likeness (QED) is 0.0231. The predicted octanol–water partition coefficient (Wildman–Crippen LogP) is 8.97. The second kappa shape index (κ2) is 28.4. The van der Waals surface area contributed by atoms with Crippen molar-refractivity contribution in [2.45, 2.75) is 143 Å². The van der Waals surface area contributed by atoms with E-state index >= 15 is 9.59 Å². The fraction of sp³-hybridized carbons (Fsp3) is 0.443. The largest absolute Gasteiger partial charge is 0.514 e. The van der Waals surface area contributed by atoms with E-state index in [4.69, 9.17) is 40.0 Å². The molecule has 440 valence electrons. The molecular formula is C61H75ClN6O14. The van der Waals surface area contributed by atoms with Crippen LogP contribution in [0.4, 0.5) is 14.4 Å². The van der Waals surface area contributed by atoms with E-state index in [2.05, 4.69) is 38.4 Å². The molecule has 4 atom stereocenters. The normalized spacial score (nSPS) is 15.7. The van der Waals surface area contributed by atoms with Crippen LogP contribution in [-0.4, -0.2) is 122 Å². The second-order valence-corrected chi connectivity index (χ2v) is 22.8. The number of nitrogens with zero attached hydrogens (tertiary/aromatic N) is 1. The summed E-state index contributed by atoms with van der Waals surface area (Å²) in [5, 5.41) is 14.2. The molecule has 5 N–H and O–H groups in total. The number of carbonyl (C=O) groups excluding carboxylic acids is 8. The lowest BCUT2D eigenvalue weighted by Gasteiger charge is -2.33. The van der Waals surface area contributed by atoms with Crippen LogP contribution < -0.4 is 36.1 Å². The van der Waals surface area contributed by atoms with Crippen LogP contribution in [0.25, 0.3) is 22.3 Å². The third kappa shape index (κ3) is 19.5. The van der Waals surface area contributed by atoms with E-state index in [-0.39, 0.29) is 78.3 Å². The van der Waals surface area contributed by atoms with Crippen molar-refractivity contribution in [2.24, 2.45) is 0 Å². The monoisotopic (exact) mass is 1150 g/mol. The summed E-state index contributed by atoms with van der Waals surface area (Å²) in [7, 11) is 2.52. The van der Waals surface area contributed by atoms with Crippen LogP contribution in [0.3, 0.4) is 0 Å². The van der Waals surface area contributed by atoms with Crippen LogP contribution in [0.2, 0.25) is 5.02 Å². The minimum atomic E-state index is -1.62. The van der Waals surface area contributed by atoms with Crippen molar-refractivity contribution in [1.29, 1.82) is 0 Å². The second-order valence-electron chi connectivity index (χ2n) is 22.4. The number of nitrogens with one attached hydrogen (secondary N) is 5. The van der Waals surface area contributed by atoms with Crippen molar-refractivity contribution in [3.63, 3.8) is 0 Å². The molecular weight excluding hydrogens is 1080 g/mol. The van der Waals surface area contributed by atoms with Gasteiger partial charge >= 0.3 is 24.3 Å². The Morgan fingerprint density at radius 1 is 0.744 bits per heavy atom. The molecule has 0 fully saturated rings. The third-order valence-corrected chi connectivity index (χ3v) is 12.4. The molecule has 1 aliphatic rings. The lowest BCUT2D eigenvalue weighted by molar-refractivity contribution is -0.145. The minimum absolute atomic E-state index is 0.0237. The first-order valence-corrected chi connectivity index (χ1v) is 27.2. The molecule has 0 saturated carbocycles. The molecule has 0 aromatic heterocycles. The summed E-state index contributed by atoms with van der Waals surface area (Å²) in [6.07, 6.45) is -1.89. The van der Waals surface area contributed by atoms with Gasteiger partial charge in [0.1, 0.15) is 59.1 Å². The fourth-order valence-corrected chi connectivity index (χ4v) is 8.59. The number of halogens is 1. The van der Waals surface area contributed by atoms with Crippen LogP contribution in [0.15, 0.2) is 78.9 Å². The number of hydrogen-bond acceptors (Lipinski definition) is 14. The van der Waals surface area contributed by atoms with Gasteiger partial charge in [-0.3, -0.25) is 19.2 Å². The molecule has 0 unspecified atom stereocenters. The number of esters is 1. The first kappa shape index (κ1) is 64.5. The van der Waals surface area contributed by atoms with Crippen LogP contribution in [-0.2, 0) is 44.5 Å². The molecule has 1 aliphatic heterocycles. The predicted molar refractivity (Wildman–Crippen MR) is 308 cm³/mol. The number of benzene rings is 4. The molecule has 0 saturated heterocycles. The highest BCUT2D eigenvalue weighted by atomic mass is 35.5.